The fraction of sp³-hybridized carbons (Fsp3) is 0.429. The summed E-state index contributed by atoms with van der Waals surface area (Å²) >= 11 is 0. The molecule has 2 aliphatic carbocycles. The summed E-state index contributed by atoms with van der Waals surface area (Å²) in [6.07, 6.45) is 8.48. The highest BCUT2D eigenvalue weighted by Gasteiger charge is 2.41. The van der Waals surface area contributed by atoms with Gasteiger partial charge in [-0.05, 0) is 88.6 Å². The van der Waals surface area contributed by atoms with Crippen LogP contribution >= 0.6 is 0 Å². The van der Waals surface area contributed by atoms with Crippen molar-refractivity contribution < 1.29 is 19.1 Å². The van der Waals surface area contributed by atoms with Crippen molar-refractivity contribution in [2.45, 2.75) is 76.5 Å². The molecule has 10 heteroatoms. The minimum atomic E-state index is -0.538. The van der Waals surface area contributed by atoms with Crippen LogP contribution in [0, 0.1) is 5.92 Å². The average molecular weight is 605 g/mol. The molecule has 0 radical (unpaired) electrons. The van der Waals surface area contributed by atoms with Crippen molar-refractivity contribution in [3.05, 3.63) is 77.2 Å². The minimum Gasteiger partial charge on any atom is -0.444 e. The lowest BCUT2D eigenvalue weighted by Crippen LogP contribution is -2.47. The Morgan fingerprint density at radius 2 is 1.69 bits per heavy atom. The molecule has 4 heterocycles. The minimum absolute atomic E-state index is 0.0358. The van der Waals surface area contributed by atoms with E-state index in [4.69, 9.17) is 19.8 Å². The smallest absolute Gasteiger partial charge is 0.410 e. The van der Waals surface area contributed by atoms with Crippen molar-refractivity contribution >= 4 is 28.9 Å². The van der Waals surface area contributed by atoms with Gasteiger partial charge in [0.05, 0.1) is 51.8 Å². The molecule has 1 atom stereocenters. The van der Waals surface area contributed by atoms with E-state index >= 15 is 0 Å². The number of rotatable bonds is 6. The normalized spacial score (nSPS) is 22.8. The van der Waals surface area contributed by atoms with Crippen LogP contribution in [0.3, 0.4) is 0 Å². The van der Waals surface area contributed by atoms with E-state index in [9.17, 15) is 14.4 Å². The third-order valence-electron chi connectivity index (χ3n) is 9.50. The number of likely N-dealkylation sites (tertiary alicyclic amines) is 1. The molecule has 2 aliphatic heterocycles. The van der Waals surface area contributed by atoms with Crippen molar-refractivity contribution in [2.24, 2.45) is 5.92 Å². The van der Waals surface area contributed by atoms with Crippen molar-refractivity contribution in [1.29, 1.82) is 0 Å². The monoisotopic (exact) mass is 604 g/mol. The predicted octanol–water partition coefficient (Wildman–Crippen LogP) is 6.30. The fourth-order valence-electron chi connectivity index (χ4n) is 6.82. The molecule has 1 saturated heterocycles. The number of amides is 3. The van der Waals surface area contributed by atoms with Gasteiger partial charge in [-0.15, -0.1) is 0 Å². The molecule has 4 aromatic rings. The number of hydrogen-bond acceptors (Lipinski definition) is 7. The number of fused-ring (bicyclic) bond motifs is 2. The highest BCUT2D eigenvalue weighted by molar-refractivity contribution is 6.21. The van der Waals surface area contributed by atoms with E-state index in [0.717, 1.165) is 65.7 Å². The molecule has 2 saturated carbocycles. The van der Waals surface area contributed by atoms with E-state index < -0.39 is 5.60 Å². The lowest BCUT2D eigenvalue weighted by Gasteiger charge is -2.41. The van der Waals surface area contributed by atoms with Crippen molar-refractivity contribution in [3.8, 4) is 11.3 Å². The molecule has 2 aromatic carbocycles. The van der Waals surface area contributed by atoms with E-state index in [1.165, 1.54) is 4.90 Å². The second-order valence-corrected chi connectivity index (χ2v) is 13.9. The van der Waals surface area contributed by atoms with Crippen LogP contribution in [0.4, 0.5) is 4.79 Å². The summed E-state index contributed by atoms with van der Waals surface area (Å²) in [5.74, 6) is 0.296. The highest BCUT2D eigenvalue weighted by Crippen LogP contribution is 2.46. The van der Waals surface area contributed by atoms with Crippen LogP contribution < -0.4 is 0 Å². The number of ether oxygens (including phenoxy) is 1. The van der Waals surface area contributed by atoms with E-state index in [1.54, 1.807) is 29.2 Å². The summed E-state index contributed by atoms with van der Waals surface area (Å²) in [4.78, 5) is 51.4. The van der Waals surface area contributed by atoms with Crippen LogP contribution in [0.15, 0.2) is 54.9 Å². The van der Waals surface area contributed by atoms with Crippen molar-refractivity contribution in [3.63, 3.8) is 0 Å². The number of aromatic nitrogens is 4. The number of carbonyl (C=O) groups is 3. The molecule has 1 unspecified atom stereocenters. The zero-order valence-corrected chi connectivity index (χ0v) is 25.8. The summed E-state index contributed by atoms with van der Waals surface area (Å²) < 4.78 is 7.68. The van der Waals surface area contributed by atoms with Crippen molar-refractivity contribution in [2.75, 3.05) is 13.1 Å². The van der Waals surface area contributed by atoms with Gasteiger partial charge in [0.15, 0.2) is 0 Å². The molecule has 3 amide bonds. The average Bonchev–Trinajstić information content (AvgIpc) is 3.67. The van der Waals surface area contributed by atoms with Crippen LogP contribution in [-0.2, 0) is 4.74 Å². The number of imide groups is 1. The van der Waals surface area contributed by atoms with Gasteiger partial charge in [-0.2, -0.15) is 5.10 Å². The first kappa shape index (κ1) is 27.9. The molecule has 230 valence electrons. The van der Waals surface area contributed by atoms with Crippen molar-refractivity contribution in [1.82, 2.24) is 29.5 Å². The second kappa shape index (κ2) is 10.2. The quantitative estimate of drug-likeness (QED) is 0.238. The molecule has 0 bridgehead atoms. The molecule has 8 rings (SSSR count). The topological polar surface area (TPSA) is 111 Å². The molecule has 3 fully saturated rings. The van der Waals surface area contributed by atoms with Gasteiger partial charge in [-0.3, -0.25) is 24.2 Å². The first-order valence-electron chi connectivity index (χ1n) is 15.9. The Morgan fingerprint density at radius 1 is 0.956 bits per heavy atom. The summed E-state index contributed by atoms with van der Waals surface area (Å²) in [6.45, 7) is 6.76. The summed E-state index contributed by atoms with van der Waals surface area (Å²) in [7, 11) is 0. The molecule has 4 aliphatic rings. The Bertz CT molecular complexity index is 1830. The molecular weight excluding hydrogens is 568 g/mol. The maximum Gasteiger partial charge on any atom is 0.410 e. The zero-order valence-electron chi connectivity index (χ0n) is 25.8. The Hall–Kier alpha value is -4.60. The van der Waals surface area contributed by atoms with Gasteiger partial charge in [-0.1, -0.05) is 18.2 Å². The first-order chi connectivity index (χ1) is 21.6. The molecule has 0 N–H and O–H groups in total. The summed E-state index contributed by atoms with van der Waals surface area (Å²) in [5.41, 5.74) is 5.97. The van der Waals surface area contributed by atoms with Crippen LogP contribution in [-0.4, -0.2) is 66.1 Å². The maximum absolute atomic E-state index is 12.8. The zero-order chi connectivity index (χ0) is 31.0. The van der Waals surface area contributed by atoms with Crippen LogP contribution in [0.5, 0.6) is 0 Å². The second-order valence-electron chi connectivity index (χ2n) is 13.9. The molecule has 2 aromatic heterocycles. The maximum atomic E-state index is 12.8. The number of nitrogens with zero attached hydrogens (tertiary/aromatic N) is 6. The number of hydrogen-bond donors (Lipinski definition) is 0. The lowest BCUT2D eigenvalue weighted by atomic mass is 9.80. The van der Waals surface area contributed by atoms with Gasteiger partial charge in [-0.25, -0.2) is 9.78 Å². The molecule has 45 heavy (non-hydrogen) atoms. The SMILES string of the molecule is CC(C)(C)OC(=O)N1CCC1c1ccc2ncc(-c3cn(C4CC(CN5C(=O)c6ccccc6C5=O)C4)nc3C3CC3)nc2c1. The third-order valence-corrected chi connectivity index (χ3v) is 9.50. The standard InChI is InChI=1S/C35H36N6O4/c1-35(2,3)45-34(44)39-13-12-30(39)22-10-11-27-28(16-22)37-29(17-36-27)26-19-41(38-31(26)21-8-9-21)23-14-20(15-23)18-40-32(42)24-6-4-5-7-25(24)33(40)43/h4-7,10-11,16-17,19-21,23,30H,8-9,12-15,18H2,1-3H3. The molecule has 0 spiro atoms. The van der Waals surface area contributed by atoms with E-state index in [-0.39, 0.29) is 35.9 Å². The number of benzene rings is 2. The van der Waals surface area contributed by atoms with Gasteiger partial charge >= 0.3 is 6.09 Å². The van der Waals surface area contributed by atoms with Gasteiger partial charge in [0, 0.05) is 30.8 Å². The van der Waals surface area contributed by atoms with Gasteiger partial charge < -0.3 is 9.64 Å². The van der Waals surface area contributed by atoms with Crippen LogP contribution in [0.2, 0.25) is 0 Å². The summed E-state index contributed by atoms with van der Waals surface area (Å²) in [5, 5.41) is 5.05. The first-order valence-corrected chi connectivity index (χ1v) is 15.9. The molecular formula is C35H36N6O4. The summed E-state index contributed by atoms with van der Waals surface area (Å²) in [6, 6.07) is 13.3. The van der Waals surface area contributed by atoms with Gasteiger partial charge in [0.25, 0.3) is 11.8 Å². The van der Waals surface area contributed by atoms with Gasteiger partial charge in [0.2, 0.25) is 0 Å². The van der Waals surface area contributed by atoms with E-state index in [0.29, 0.717) is 30.1 Å². The fourth-order valence-corrected chi connectivity index (χ4v) is 6.82. The third kappa shape index (κ3) is 4.96. The van der Waals surface area contributed by atoms with Gasteiger partial charge in [0.1, 0.15) is 5.60 Å². The lowest BCUT2D eigenvalue weighted by molar-refractivity contribution is -0.00574. The van der Waals surface area contributed by atoms with Crippen LogP contribution in [0.25, 0.3) is 22.3 Å². The Kier molecular flexibility index (Phi) is 6.34. The van der Waals surface area contributed by atoms with E-state index in [1.807, 2.05) is 45.2 Å². The Balaban J connectivity index is 0.995. The number of carbonyl (C=O) groups excluding carboxylic acids is 3. The molecule has 10 nitrogen and oxygen atoms in total. The predicted molar refractivity (Wildman–Crippen MR) is 167 cm³/mol. The van der Waals surface area contributed by atoms with E-state index in [2.05, 4.69) is 10.9 Å². The van der Waals surface area contributed by atoms with Crippen LogP contribution in [0.1, 0.15) is 103 Å². The Labute approximate surface area is 261 Å². The Morgan fingerprint density at radius 3 is 2.33 bits per heavy atom. The highest BCUT2D eigenvalue weighted by atomic mass is 16.6. The largest absolute Gasteiger partial charge is 0.444 e.